The molecule has 4 heteroatoms. The number of carbonyl (C=O) groups excluding carboxylic acids is 1. The molecule has 1 aliphatic rings. The summed E-state index contributed by atoms with van der Waals surface area (Å²) in [6.07, 6.45) is 5.75. The molecule has 1 saturated carbocycles. The summed E-state index contributed by atoms with van der Waals surface area (Å²) in [5.74, 6) is 0.781. The summed E-state index contributed by atoms with van der Waals surface area (Å²) in [5, 5.41) is 0. The van der Waals surface area contributed by atoms with E-state index >= 15 is 0 Å². The monoisotopic (exact) mass is 342 g/mol. The van der Waals surface area contributed by atoms with Gasteiger partial charge in [0.05, 0.1) is 17.1 Å². The summed E-state index contributed by atoms with van der Waals surface area (Å²) in [6, 6.07) is 10.3. The predicted octanol–water partition coefficient (Wildman–Crippen LogP) is 4.43. The van der Waals surface area contributed by atoms with Gasteiger partial charge in [-0.3, -0.25) is 4.79 Å². The van der Waals surface area contributed by atoms with Gasteiger partial charge in [-0.25, -0.2) is 4.98 Å². The molecular weight excluding hydrogens is 316 g/mol. The fourth-order valence-corrected chi connectivity index (χ4v) is 4.52. The van der Waals surface area contributed by atoms with Crippen molar-refractivity contribution in [2.75, 3.05) is 13.6 Å². The van der Waals surface area contributed by atoms with Gasteiger partial charge in [0.1, 0.15) is 0 Å². The average Bonchev–Trinajstić information content (AvgIpc) is 3.26. The topological polar surface area (TPSA) is 33.2 Å². The maximum atomic E-state index is 13.2. The van der Waals surface area contributed by atoms with Gasteiger partial charge in [-0.2, -0.15) is 0 Å². The van der Waals surface area contributed by atoms with E-state index in [-0.39, 0.29) is 11.8 Å². The lowest BCUT2D eigenvalue weighted by Gasteiger charge is -2.28. The van der Waals surface area contributed by atoms with Crippen molar-refractivity contribution in [3.8, 4) is 0 Å². The van der Waals surface area contributed by atoms with Crippen molar-refractivity contribution >= 4 is 17.2 Å². The van der Waals surface area contributed by atoms with E-state index in [0.29, 0.717) is 5.92 Å². The van der Waals surface area contributed by atoms with E-state index in [2.05, 4.69) is 17.1 Å². The predicted molar refractivity (Wildman–Crippen MR) is 99.3 cm³/mol. The molecule has 1 fully saturated rings. The van der Waals surface area contributed by atoms with Gasteiger partial charge in [-0.1, -0.05) is 43.2 Å². The van der Waals surface area contributed by atoms with Gasteiger partial charge >= 0.3 is 0 Å². The Bertz CT molecular complexity index is 661. The fraction of sp³-hybridized carbons (Fsp3) is 0.500. The molecule has 1 amide bonds. The van der Waals surface area contributed by atoms with E-state index in [9.17, 15) is 4.79 Å². The molecule has 3 nitrogen and oxygen atoms in total. The van der Waals surface area contributed by atoms with Crippen LogP contribution >= 0.6 is 11.3 Å². The number of hydrogen-bond donors (Lipinski definition) is 0. The van der Waals surface area contributed by atoms with Crippen LogP contribution in [0.2, 0.25) is 0 Å². The third-order valence-corrected chi connectivity index (χ3v) is 6.19. The number of rotatable bonds is 6. The molecule has 1 atom stereocenters. The lowest BCUT2D eigenvalue weighted by atomic mass is 9.83. The summed E-state index contributed by atoms with van der Waals surface area (Å²) < 4.78 is 0. The zero-order valence-corrected chi connectivity index (χ0v) is 15.4. The Morgan fingerprint density at radius 3 is 2.62 bits per heavy atom. The number of amides is 1. The van der Waals surface area contributed by atoms with Gasteiger partial charge in [0, 0.05) is 24.9 Å². The van der Waals surface area contributed by atoms with Crippen LogP contribution in [-0.4, -0.2) is 29.4 Å². The standard InChI is InChI=1S/C20H26N2OS/c1-15-18(24-14-21-15)12-13-22(2)20(23)19(17-10-6-7-11-17)16-8-4-3-5-9-16/h3-5,8-9,14,17,19H,6-7,10-13H2,1-2H3/t19-/m0/s1. The number of likely N-dealkylation sites (N-methyl/N-ethyl adjacent to an activating group) is 1. The molecule has 0 N–H and O–H groups in total. The highest BCUT2D eigenvalue weighted by Crippen LogP contribution is 2.38. The van der Waals surface area contributed by atoms with Crippen LogP contribution in [0.3, 0.4) is 0 Å². The first-order chi connectivity index (χ1) is 11.7. The molecule has 0 aliphatic heterocycles. The molecule has 0 spiro atoms. The Kier molecular flexibility index (Phi) is 5.67. The molecule has 0 radical (unpaired) electrons. The molecule has 1 aromatic carbocycles. The second-order valence-corrected chi connectivity index (χ2v) is 7.74. The molecule has 1 aliphatic carbocycles. The third kappa shape index (κ3) is 3.86. The van der Waals surface area contributed by atoms with Gasteiger partial charge in [-0.05, 0) is 31.2 Å². The Labute approximate surface area is 148 Å². The number of hydrogen-bond acceptors (Lipinski definition) is 3. The van der Waals surface area contributed by atoms with Gasteiger partial charge in [0.15, 0.2) is 0 Å². The minimum Gasteiger partial charge on any atom is -0.345 e. The molecule has 0 saturated heterocycles. The van der Waals surface area contributed by atoms with E-state index in [4.69, 9.17) is 0 Å². The van der Waals surface area contributed by atoms with Crippen molar-refractivity contribution in [3.63, 3.8) is 0 Å². The summed E-state index contributed by atoms with van der Waals surface area (Å²) in [5.41, 5.74) is 4.16. The lowest BCUT2D eigenvalue weighted by molar-refractivity contribution is -0.132. The lowest BCUT2D eigenvalue weighted by Crippen LogP contribution is -2.36. The van der Waals surface area contributed by atoms with Crippen LogP contribution in [0.15, 0.2) is 35.8 Å². The molecule has 0 unspecified atom stereocenters. The second kappa shape index (κ2) is 7.93. The molecule has 0 bridgehead atoms. The molecule has 128 valence electrons. The SMILES string of the molecule is Cc1ncsc1CCN(C)C(=O)[C@@H](c1ccccc1)C1CCCC1. The van der Waals surface area contributed by atoms with Gasteiger partial charge in [0.2, 0.25) is 5.91 Å². The first kappa shape index (κ1) is 17.2. The highest BCUT2D eigenvalue weighted by atomic mass is 32.1. The van der Waals surface area contributed by atoms with Crippen molar-refractivity contribution < 1.29 is 4.79 Å². The minimum atomic E-state index is 0.0151. The number of benzene rings is 1. The van der Waals surface area contributed by atoms with Crippen LogP contribution in [-0.2, 0) is 11.2 Å². The summed E-state index contributed by atoms with van der Waals surface area (Å²) in [7, 11) is 1.95. The van der Waals surface area contributed by atoms with Crippen LogP contribution in [0.4, 0.5) is 0 Å². The number of aromatic nitrogens is 1. The highest BCUT2D eigenvalue weighted by Gasteiger charge is 2.33. The second-order valence-electron chi connectivity index (χ2n) is 6.80. The van der Waals surface area contributed by atoms with E-state index in [1.54, 1.807) is 11.3 Å². The van der Waals surface area contributed by atoms with Crippen molar-refractivity contribution in [1.82, 2.24) is 9.88 Å². The summed E-state index contributed by atoms with van der Waals surface area (Å²) >= 11 is 1.68. The van der Waals surface area contributed by atoms with Crippen LogP contribution in [0, 0.1) is 12.8 Å². The summed E-state index contributed by atoms with van der Waals surface area (Å²) in [4.78, 5) is 20.7. The fourth-order valence-electron chi connectivity index (χ4n) is 3.75. The van der Waals surface area contributed by atoms with E-state index in [1.807, 2.05) is 42.6 Å². The maximum absolute atomic E-state index is 13.2. The Balaban J connectivity index is 1.71. The average molecular weight is 343 g/mol. The molecule has 3 rings (SSSR count). The molecular formula is C20H26N2OS. The molecule has 1 heterocycles. The highest BCUT2D eigenvalue weighted by molar-refractivity contribution is 7.09. The number of carbonyl (C=O) groups is 1. The van der Waals surface area contributed by atoms with Crippen molar-refractivity contribution in [3.05, 3.63) is 52.0 Å². The van der Waals surface area contributed by atoms with Crippen LogP contribution in [0.25, 0.3) is 0 Å². The van der Waals surface area contributed by atoms with E-state index < -0.39 is 0 Å². The van der Waals surface area contributed by atoms with Crippen molar-refractivity contribution in [1.29, 1.82) is 0 Å². The van der Waals surface area contributed by atoms with Crippen molar-refractivity contribution in [2.24, 2.45) is 5.92 Å². The quantitative estimate of drug-likeness (QED) is 0.778. The zero-order valence-electron chi connectivity index (χ0n) is 14.6. The maximum Gasteiger partial charge on any atom is 0.230 e. The van der Waals surface area contributed by atoms with E-state index in [1.165, 1.54) is 36.1 Å². The van der Waals surface area contributed by atoms with E-state index in [0.717, 1.165) is 18.7 Å². The Morgan fingerprint density at radius 1 is 1.29 bits per heavy atom. The van der Waals surface area contributed by atoms with Crippen molar-refractivity contribution in [2.45, 2.75) is 44.9 Å². The largest absolute Gasteiger partial charge is 0.345 e. The van der Waals surface area contributed by atoms with Crippen LogP contribution in [0.1, 0.15) is 47.7 Å². The smallest absolute Gasteiger partial charge is 0.230 e. The number of aryl methyl sites for hydroxylation is 1. The minimum absolute atomic E-state index is 0.0151. The Morgan fingerprint density at radius 2 is 2.00 bits per heavy atom. The third-order valence-electron chi connectivity index (χ3n) is 5.19. The Hall–Kier alpha value is -1.68. The van der Waals surface area contributed by atoms with Crippen LogP contribution in [0.5, 0.6) is 0 Å². The number of thiazole rings is 1. The first-order valence-electron chi connectivity index (χ1n) is 8.85. The molecule has 24 heavy (non-hydrogen) atoms. The van der Waals surface area contributed by atoms with Gasteiger partial charge < -0.3 is 4.90 Å². The summed E-state index contributed by atoms with van der Waals surface area (Å²) in [6.45, 7) is 2.80. The first-order valence-corrected chi connectivity index (χ1v) is 9.73. The number of nitrogens with zero attached hydrogens (tertiary/aromatic N) is 2. The normalized spacial score (nSPS) is 16.2. The van der Waals surface area contributed by atoms with Gasteiger partial charge in [-0.15, -0.1) is 11.3 Å². The molecule has 1 aromatic heterocycles. The molecule has 2 aromatic rings. The zero-order chi connectivity index (χ0) is 16.9. The van der Waals surface area contributed by atoms with Crippen LogP contribution < -0.4 is 0 Å². The van der Waals surface area contributed by atoms with Gasteiger partial charge in [0.25, 0.3) is 0 Å².